The number of nitrogens with zero attached hydrogens (tertiary/aromatic N) is 2. The average molecular weight is 344 g/mol. The van der Waals surface area contributed by atoms with Crippen LogP contribution in [0.5, 0.6) is 5.75 Å². The summed E-state index contributed by atoms with van der Waals surface area (Å²) in [6, 6.07) is 13.7. The minimum Gasteiger partial charge on any atom is -0.497 e. The Bertz CT molecular complexity index is 731. The largest absolute Gasteiger partial charge is 0.497 e. The number of nitro groups is 1. The maximum absolute atomic E-state index is 11.4. The number of methoxy groups -OCH3 is 1. The van der Waals surface area contributed by atoms with Crippen LogP contribution in [0.15, 0.2) is 48.5 Å². The Morgan fingerprint density at radius 1 is 1.20 bits per heavy atom. The lowest BCUT2D eigenvalue weighted by atomic mass is 10.1. The fraction of sp³-hybridized carbons (Fsp3) is 0.278. The fourth-order valence-corrected chi connectivity index (χ4v) is 2.50. The van der Waals surface area contributed by atoms with E-state index in [-0.39, 0.29) is 12.2 Å². The third kappa shape index (κ3) is 5.49. The third-order valence-electron chi connectivity index (χ3n) is 3.82. The SMILES string of the molecule is COc1ccc(CCCN(Cc2cccc([N+](=O)[O-])c2)C(=O)O)cc1. The van der Waals surface area contributed by atoms with Crippen LogP contribution in [0, 0.1) is 10.1 Å². The first-order valence-electron chi connectivity index (χ1n) is 7.83. The van der Waals surface area contributed by atoms with Gasteiger partial charge in [0.05, 0.1) is 12.0 Å². The van der Waals surface area contributed by atoms with E-state index in [2.05, 4.69) is 0 Å². The fourth-order valence-electron chi connectivity index (χ4n) is 2.50. The summed E-state index contributed by atoms with van der Waals surface area (Å²) < 4.78 is 5.10. The molecule has 0 aliphatic rings. The van der Waals surface area contributed by atoms with Gasteiger partial charge in [-0.05, 0) is 36.1 Å². The third-order valence-corrected chi connectivity index (χ3v) is 3.82. The van der Waals surface area contributed by atoms with Gasteiger partial charge in [-0.1, -0.05) is 24.3 Å². The highest BCUT2D eigenvalue weighted by molar-refractivity contribution is 5.65. The van der Waals surface area contributed by atoms with Gasteiger partial charge in [0, 0.05) is 25.2 Å². The molecule has 7 nitrogen and oxygen atoms in total. The second kappa shape index (κ2) is 8.68. The van der Waals surface area contributed by atoms with E-state index in [0.29, 0.717) is 18.5 Å². The standard InChI is InChI=1S/C18H20N2O5/c1-25-17-9-7-14(8-10-17)5-3-11-19(18(21)22)13-15-4-2-6-16(12-15)20(23)24/h2,4,6-10,12H,3,5,11,13H2,1H3,(H,21,22). The van der Waals surface area contributed by atoms with Gasteiger partial charge in [-0.2, -0.15) is 0 Å². The van der Waals surface area contributed by atoms with Crippen LogP contribution in [0.3, 0.4) is 0 Å². The van der Waals surface area contributed by atoms with E-state index in [1.807, 2.05) is 24.3 Å². The van der Waals surface area contributed by atoms with Crippen molar-refractivity contribution in [3.05, 3.63) is 69.8 Å². The Labute approximate surface area is 145 Å². The van der Waals surface area contributed by atoms with Crippen molar-refractivity contribution in [2.45, 2.75) is 19.4 Å². The van der Waals surface area contributed by atoms with E-state index >= 15 is 0 Å². The smallest absolute Gasteiger partial charge is 0.407 e. The monoisotopic (exact) mass is 344 g/mol. The molecule has 0 spiro atoms. The minimum atomic E-state index is -1.04. The maximum atomic E-state index is 11.4. The number of carboxylic acid groups (broad SMARTS) is 1. The van der Waals surface area contributed by atoms with Gasteiger partial charge in [0.15, 0.2) is 0 Å². The molecule has 25 heavy (non-hydrogen) atoms. The van der Waals surface area contributed by atoms with E-state index in [0.717, 1.165) is 17.7 Å². The molecule has 0 aliphatic heterocycles. The molecule has 7 heteroatoms. The molecule has 0 unspecified atom stereocenters. The van der Waals surface area contributed by atoms with Crippen LogP contribution in [0.1, 0.15) is 17.5 Å². The van der Waals surface area contributed by atoms with Gasteiger partial charge in [0.2, 0.25) is 0 Å². The van der Waals surface area contributed by atoms with Gasteiger partial charge < -0.3 is 14.7 Å². The molecule has 0 aliphatic carbocycles. The topological polar surface area (TPSA) is 92.9 Å². The number of amides is 1. The van der Waals surface area contributed by atoms with Gasteiger partial charge >= 0.3 is 6.09 Å². The van der Waals surface area contributed by atoms with Crippen molar-refractivity contribution in [1.29, 1.82) is 0 Å². The number of hydrogen-bond acceptors (Lipinski definition) is 4. The Balaban J connectivity index is 1.93. The Kier molecular flexibility index (Phi) is 6.33. The number of carbonyl (C=O) groups is 1. The van der Waals surface area contributed by atoms with Crippen molar-refractivity contribution in [3.8, 4) is 5.75 Å². The first kappa shape index (κ1) is 18.3. The van der Waals surface area contributed by atoms with E-state index in [9.17, 15) is 20.0 Å². The lowest BCUT2D eigenvalue weighted by Crippen LogP contribution is -2.30. The van der Waals surface area contributed by atoms with Crippen LogP contribution in [-0.4, -0.2) is 34.7 Å². The summed E-state index contributed by atoms with van der Waals surface area (Å²) in [6.07, 6.45) is 0.359. The van der Waals surface area contributed by atoms with Crippen LogP contribution in [-0.2, 0) is 13.0 Å². The number of nitro benzene ring substituents is 1. The Morgan fingerprint density at radius 2 is 1.92 bits per heavy atom. The molecular weight excluding hydrogens is 324 g/mol. The van der Waals surface area contributed by atoms with Gasteiger partial charge in [-0.25, -0.2) is 4.79 Å². The van der Waals surface area contributed by atoms with Crippen molar-refractivity contribution in [3.63, 3.8) is 0 Å². The molecule has 0 bridgehead atoms. The van der Waals surface area contributed by atoms with Crippen molar-refractivity contribution in [2.24, 2.45) is 0 Å². The van der Waals surface area contributed by atoms with Crippen LogP contribution < -0.4 is 4.74 Å². The quantitative estimate of drug-likeness (QED) is 0.582. The molecule has 0 fully saturated rings. The predicted molar refractivity (Wildman–Crippen MR) is 92.8 cm³/mol. The number of rotatable bonds is 8. The molecule has 0 saturated carbocycles. The van der Waals surface area contributed by atoms with Crippen molar-refractivity contribution < 1.29 is 19.6 Å². The first-order valence-corrected chi connectivity index (χ1v) is 7.83. The second-order valence-electron chi connectivity index (χ2n) is 5.58. The first-order chi connectivity index (χ1) is 12.0. The number of non-ortho nitro benzene ring substituents is 1. The molecule has 2 aromatic rings. The van der Waals surface area contributed by atoms with E-state index < -0.39 is 11.0 Å². The van der Waals surface area contributed by atoms with E-state index in [1.54, 1.807) is 19.2 Å². The number of hydrogen-bond donors (Lipinski definition) is 1. The summed E-state index contributed by atoms with van der Waals surface area (Å²) in [5.74, 6) is 0.779. The van der Waals surface area contributed by atoms with Crippen molar-refractivity contribution in [1.82, 2.24) is 4.90 Å². The molecule has 132 valence electrons. The molecule has 2 aromatic carbocycles. The number of aryl methyl sites for hydroxylation is 1. The van der Waals surface area contributed by atoms with Gasteiger partial charge in [0.1, 0.15) is 5.75 Å². The summed E-state index contributed by atoms with van der Waals surface area (Å²) in [6.45, 7) is 0.476. The van der Waals surface area contributed by atoms with Crippen LogP contribution in [0.2, 0.25) is 0 Å². The highest BCUT2D eigenvalue weighted by atomic mass is 16.6. The van der Waals surface area contributed by atoms with Crippen LogP contribution in [0.4, 0.5) is 10.5 Å². The van der Waals surface area contributed by atoms with Gasteiger partial charge in [-0.15, -0.1) is 0 Å². The summed E-state index contributed by atoms with van der Waals surface area (Å²) in [5, 5.41) is 20.2. The molecule has 1 N–H and O–H groups in total. The zero-order valence-electron chi connectivity index (χ0n) is 13.9. The average Bonchev–Trinajstić information content (AvgIpc) is 2.61. The molecule has 0 radical (unpaired) electrons. The summed E-state index contributed by atoms with van der Waals surface area (Å²) >= 11 is 0. The Hall–Kier alpha value is -3.09. The zero-order chi connectivity index (χ0) is 18.2. The van der Waals surface area contributed by atoms with Gasteiger partial charge in [-0.3, -0.25) is 10.1 Å². The zero-order valence-corrected chi connectivity index (χ0v) is 13.9. The lowest BCUT2D eigenvalue weighted by molar-refractivity contribution is -0.384. The lowest BCUT2D eigenvalue weighted by Gasteiger charge is -2.19. The summed E-state index contributed by atoms with van der Waals surface area (Å²) in [7, 11) is 1.60. The number of benzene rings is 2. The molecule has 0 aromatic heterocycles. The van der Waals surface area contributed by atoms with Crippen LogP contribution in [0.25, 0.3) is 0 Å². The van der Waals surface area contributed by atoms with E-state index in [1.165, 1.54) is 17.0 Å². The molecular formula is C18H20N2O5. The summed E-state index contributed by atoms with van der Waals surface area (Å²) in [4.78, 5) is 23.0. The minimum absolute atomic E-state index is 0.0407. The normalized spacial score (nSPS) is 10.3. The van der Waals surface area contributed by atoms with Crippen molar-refractivity contribution in [2.75, 3.05) is 13.7 Å². The van der Waals surface area contributed by atoms with Crippen LogP contribution >= 0.6 is 0 Å². The van der Waals surface area contributed by atoms with E-state index in [4.69, 9.17) is 4.74 Å². The second-order valence-corrected chi connectivity index (χ2v) is 5.58. The summed E-state index contributed by atoms with van der Waals surface area (Å²) in [5.41, 5.74) is 1.66. The predicted octanol–water partition coefficient (Wildman–Crippen LogP) is 3.72. The Morgan fingerprint density at radius 3 is 2.52 bits per heavy atom. The molecule has 0 saturated heterocycles. The maximum Gasteiger partial charge on any atom is 0.407 e. The highest BCUT2D eigenvalue weighted by Crippen LogP contribution is 2.16. The number of ether oxygens (including phenoxy) is 1. The highest BCUT2D eigenvalue weighted by Gasteiger charge is 2.14. The molecule has 0 atom stereocenters. The molecule has 0 heterocycles. The molecule has 2 rings (SSSR count). The van der Waals surface area contributed by atoms with Crippen molar-refractivity contribution >= 4 is 11.8 Å². The molecule has 1 amide bonds. The van der Waals surface area contributed by atoms with Gasteiger partial charge in [0.25, 0.3) is 5.69 Å².